The number of hydrogen-bond donors (Lipinski definition) is 1. The van der Waals surface area contributed by atoms with E-state index in [9.17, 15) is 17.6 Å². The van der Waals surface area contributed by atoms with Gasteiger partial charge in [0.05, 0.1) is 29.8 Å². The molecule has 1 amide bonds. The quantitative estimate of drug-likeness (QED) is 0.336. The number of benzene rings is 3. The maximum Gasteiger partial charge on any atom is 0.255 e. The molecule has 0 heterocycles. The van der Waals surface area contributed by atoms with Crippen LogP contribution in [-0.4, -0.2) is 45.0 Å². The van der Waals surface area contributed by atoms with E-state index in [2.05, 4.69) is 10.5 Å². The minimum atomic E-state index is -4.00. The maximum atomic E-state index is 13.9. The lowest BCUT2D eigenvalue weighted by Crippen LogP contribution is -2.40. The zero-order valence-corrected chi connectivity index (χ0v) is 19.9. The monoisotopic (exact) mass is 503 g/mol. The van der Waals surface area contributed by atoms with Gasteiger partial charge in [0.15, 0.2) is 0 Å². The van der Waals surface area contributed by atoms with Gasteiger partial charge in [0, 0.05) is 12.1 Å². The van der Waals surface area contributed by atoms with E-state index in [0.29, 0.717) is 12.2 Å². The number of sulfonamides is 1. The van der Waals surface area contributed by atoms with Crippen molar-refractivity contribution in [2.24, 2.45) is 5.10 Å². The molecule has 3 aromatic rings. The zero-order valence-electron chi connectivity index (χ0n) is 18.3. The molecule has 0 unspecified atom stereocenters. The molecule has 0 aliphatic heterocycles. The van der Waals surface area contributed by atoms with Gasteiger partial charge in [0.2, 0.25) is 10.0 Å². The van der Waals surface area contributed by atoms with Gasteiger partial charge in [-0.25, -0.2) is 18.2 Å². The van der Waals surface area contributed by atoms with Crippen LogP contribution in [0.3, 0.4) is 0 Å². The van der Waals surface area contributed by atoms with Crippen LogP contribution in [0.2, 0.25) is 5.02 Å². The molecule has 1 N–H and O–H groups in total. The third-order valence-corrected chi connectivity index (χ3v) is 7.08. The lowest BCUT2D eigenvalue weighted by Gasteiger charge is -2.21. The van der Waals surface area contributed by atoms with Crippen LogP contribution in [0.25, 0.3) is 0 Å². The van der Waals surface area contributed by atoms with Gasteiger partial charge in [0.1, 0.15) is 11.6 Å². The molecule has 34 heavy (non-hydrogen) atoms. The van der Waals surface area contributed by atoms with E-state index >= 15 is 0 Å². The Morgan fingerprint density at radius 2 is 1.79 bits per heavy atom. The van der Waals surface area contributed by atoms with E-state index in [1.165, 1.54) is 49.6 Å². The SMILES string of the molecule is COc1ccc(S(=O)(=O)N(CCc2ccccc2)CC(=O)N/N=C\c2c(F)cccc2Cl)cc1. The third-order valence-electron chi connectivity index (χ3n) is 4.89. The Hall–Kier alpha value is -3.27. The molecule has 7 nitrogen and oxygen atoms in total. The van der Waals surface area contributed by atoms with Crippen LogP contribution in [-0.2, 0) is 21.2 Å². The highest BCUT2D eigenvalue weighted by Gasteiger charge is 2.26. The number of rotatable bonds is 10. The van der Waals surface area contributed by atoms with E-state index < -0.39 is 28.3 Å². The average Bonchev–Trinajstić information content (AvgIpc) is 2.84. The Bertz CT molecular complexity index is 1230. The summed E-state index contributed by atoms with van der Waals surface area (Å²) in [5, 5.41) is 3.85. The molecule has 0 radical (unpaired) electrons. The first-order chi connectivity index (χ1) is 16.3. The first-order valence-corrected chi connectivity index (χ1v) is 12.1. The van der Waals surface area contributed by atoms with Crippen molar-refractivity contribution < 1.29 is 22.3 Å². The maximum absolute atomic E-state index is 13.9. The summed E-state index contributed by atoms with van der Waals surface area (Å²) in [5.74, 6) is -0.778. The molecule has 0 fully saturated rings. The Balaban J connectivity index is 1.76. The summed E-state index contributed by atoms with van der Waals surface area (Å²) in [7, 11) is -2.52. The first kappa shape index (κ1) is 25.4. The van der Waals surface area contributed by atoms with Gasteiger partial charge < -0.3 is 4.74 Å². The minimum Gasteiger partial charge on any atom is -0.497 e. The number of ether oxygens (including phenoxy) is 1. The number of amides is 1. The summed E-state index contributed by atoms with van der Waals surface area (Å²) in [5.41, 5.74) is 3.17. The largest absolute Gasteiger partial charge is 0.497 e. The molecule has 0 aliphatic carbocycles. The van der Waals surface area contributed by atoms with Crippen LogP contribution in [0.15, 0.2) is 82.8 Å². The molecular formula is C24H23ClFN3O4S. The van der Waals surface area contributed by atoms with Crippen molar-refractivity contribution in [3.8, 4) is 5.75 Å². The third kappa shape index (κ3) is 6.63. The summed E-state index contributed by atoms with van der Waals surface area (Å²) in [6, 6.07) is 19.4. The average molecular weight is 504 g/mol. The van der Waals surface area contributed by atoms with Crippen molar-refractivity contribution in [1.82, 2.24) is 9.73 Å². The lowest BCUT2D eigenvalue weighted by molar-refractivity contribution is -0.121. The van der Waals surface area contributed by atoms with Gasteiger partial charge in [-0.1, -0.05) is 48.0 Å². The van der Waals surface area contributed by atoms with Crippen LogP contribution in [0.5, 0.6) is 5.75 Å². The number of halogens is 2. The molecule has 3 rings (SSSR count). The Morgan fingerprint density at radius 3 is 2.44 bits per heavy atom. The fourth-order valence-corrected chi connectivity index (χ4v) is 4.69. The highest BCUT2D eigenvalue weighted by Crippen LogP contribution is 2.20. The second-order valence-corrected chi connectivity index (χ2v) is 9.52. The summed E-state index contributed by atoms with van der Waals surface area (Å²) in [6.45, 7) is -0.418. The number of nitrogens with zero attached hydrogens (tertiary/aromatic N) is 2. The molecule has 0 spiro atoms. The number of hydrogen-bond acceptors (Lipinski definition) is 5. The topological polar surface area (TPSA) is 88.1 Å². The van der Waals surface area contributed by atoms with E-state index in [4.69, 9.17) is 16.3 Å². The number of nitrogens with one attached hydrogen (secondary N) is 1. The summed E-state index contributed by atoms with van der Waals surface area (Å²) >= 11 is 5.94. The molecule has 0 atom stereocenters. The van der Waals surface area contributed by atoms with E-state index in [0.717, 1.165) is 16.1 Å². The molecule has 3 aromatic carbocycles. The van der Waals surface area contributed by atoms with Gasteiger partial charge in [0.25, 0.3) is 5.91 Å². The second-order valence-electron chi connectivity index (χ2n) is 7.18. The molecule has 0 bridgehead atoms. The number of hydrazone groups is 1. The van der Waals surface area contributed by atoms with Crippen LogP contribution >= 0.6 is 11.6 Å². The van der Waals surface area contributed by atoms with Crippen LogP contribution in [0.1, 0.15) is 11.1 Å². The Kier molecular flexibility index (Phi) is 8.75. The fraction of sp³-hybridized carbons (Fsp3) is 0.167. The summed E-state index contributed by atoms with van der Waals surface area (Å²) in [4.78, 5) is 12.5. The normalized spacial score (nSPS) is 11.6. The lowest BCUT2D eigenvalue weighted by atomic mass is 10.1. The fourth-order valence-electron chi connectivity index (χ4n) is 3.08. The van der Waals surface area contributed by atoms with Crippen molar-refractivity contribution in [3.63, 3.8) is 0 Å². The first-order valence-electron chi connectivity index (χ1n) is 10.3. The van der Waals surface area contributed by atoms with Crippen molar-refractivity contribution in [1.29, 1.82) is 0 Å². The number of carbonyl (C=O) groups is 1. The standard InChI is InChI=1S/C24H23ClFN3O4S/c1-33-19-10-12-20(13-11-19)34(31,32)29(15-14-18-6-3-2-4-7-18)17-24(30)28-27-16-21-22(25)8-5-9-23(21)26/h2-13,16H,14-15,17H2,1H3,(H,28,30)/b27-16-. The van der Waals surface area contributed by atoms with Gasteiger partial charge in [-0.15, -0.1) is 0 Å². The molecule has 10 heteroatoms. The highest BCUT2D eigenvalue weighted by molar-refractivity contribution is 7.89. The molecular weight excluding hydrogens is 481 g/mol. The van der Waals surface area contributed by atoms with Gasteiger partial charge in [-0.05, 0) is 48.4 Å². The van der Waals surface area contributed by atoms with Crippen molar-refractivity contribution in [2.75, 3.05) is 20.2 Å². The number of carbonyl (C=O) groups excluding carboxylic acids is 1. The van der Waals surface area contributed by atoms with Crippen molar-refractivity contribution in [2.45, 2.75) is 11.3 Å². The molecule has 0 saturated heterocycles. The van der Waals surface area contributed by atoms with Gasteiger partial charge >= 0.3 is 0 Å². The summed E-state index contributed by atoms with van der Waals surface area (Å²) < 4.78 is 46.6. The minimum absolute atomic E-state index is 0.0104. The number of methoxy groups -OCH3 is 1. The zero-order chi connectivity index (χ0) is 24.6. The Morgan fingerprint density at radius 1 is 1.09 bits per heavy atom. The molecule has 0 aliphatic rings. The summed E-state index contributed by atoms with van der Waals surface area (Å²) in [6.07, 6.45) is 1.47. The molecule has 0 saturated carbocycles. The van der Waals surface area contributed by atoms with Crippen LogP contribution in [0.4, 0.5) is 4.39 Å². The molecule has 178 valence electrons. The van der Waals surface area contributed by atoms with E-state index in [1.807, 2.05) is 30.3 Å². The van der Waals surface area contributed by atoms with Crippen molar-refractivity contribution in [3.05, 3.63) is 94.8 Å². The van der Waals surface area contributed by atoms with Crippen LogP contribution in [0, 0.1) is 5.82 Å². The van der Waals surface area contributed by atoms with E-state index in [1.54, 1.807) is 0 Å². The predicted molar refractivity (Wildman–Crippen MR) is 129 cm³/mol. The van der Waals surface area contributed by atoms with Gasteiger partial charge in [-0.3, -0.25) is 4.79 Å². The predicted octanol–water partition coefficient (Wildman–Crippen LogP) is 3.87. The van der Waals surface area contributed by atoms with Gasteiger partial charge in [-0.2, -0.15) is 9.41 Å². The second kappa shape index (κ2) is 11.7. The molecule has 0 aromatic heterocycles. The van der Waals surface area contributed by atoms with E-state index in [-0.39, 0.29) is 22.0 Å². The highest BCUT2D eigenvalue weighted by atomic mass is 35.5. The van der Waals surface area contributed by atoms with Crippen molar-refractivity contribution >= 4 is 33.7 Å². The van der Waals surface area contributed by atoms with Crippen LogP contribution < -0.4 is 10.2 Å². The Labute approximate surface area is 202 Å². The smallest absolute Gasteiger partial charge is 0.255 e.